The number of nitrogens with zero attached hydrogens (tertiary/aromatic N) is 2. The second kappa shape index (κ2) is 12.0. The van der Waals surface area contributed by atoms with Gasteiger partial charge in [0.2, 0.25) is 0 Å². The van der Waals surface area contributed by atoms with Crippen LogP contribution >= 0.6 is 0 Å². The Kier molecular flexibility index (Phi) is 8.50. The van der Waals surface area contributed by atoms with Crippen molar-refractivity contribution < 1.29 is 14.6 Å². The summed E-state index contributed by atoms with van der Waals surface area (Å²) >= 11 is 0. The molecule has 3 aliphatic heterocycles. The molecule has 0 spiro atoms. The Morgan fingerprint density at radius 1 is 1.00 bits per heavy atom. The van der Waals surface area contributed by atoms with Crippen molar-refractivity contribution in [2.24, 2.45) is 17.6 Å². The zero-order valence-corrected chi connectivity index (χ0v) is 21.7. The molecule has 4 aliphatic rings. The molecular weight excluding hydrogens is 452 g/mol. The maximum atomic E-state index is 10.9. The van der Waals surface area contributed by atoms with Gasteiger partial charge in [-0.1, -0.05) is 18.9 Å². The summed E-state index contributed by atoms with van der Waals surface area (Å²) in [5.41, 5.74) is 7.00. The maximum absolute atomic E-state index is 10.9. The maximum Gasteiger partial charge on any atom is 0.352 e. The van der Waals surface area contributed by atoms with Gasteiger partial charge in [0.25, 0.3) is 0 Å². The molecule has 6 rings (SSSR count). The van der Waals surface area contributed by atoms with Gasteiger partial charge in [-0.15, -0.1) is 0 Å². The van der Waals surface area contributed by atoms with Crippen LogP contribution in [0.4, 0.5) is 0 Å². The number of fused-ring (bicyclic) bond motifs is 2. The normalized spacial score (nSPS) is 26.0. The van der Waals surface area contributed by atoms with Crippen LogP contribution in [0.5, 0.6) is 5.75 Å². The molecular formula is C29H44N4O3. The quantitative estimate of drug-likeness (QED) is 0.536. The van der Waals surface area contributed by atoms with Gasteiger partial charge in [0, 0.05) is 29.5 Å². The van der Waals surface area contributed by atoms with Crippen LogP contribution in [0.2, 0.25) is 0 Å². The highest BCUT2D eigenvalue weighted by Gasteiger charge is 2.34. The second-order valence-electron chi connectivity index (χ2n) is 11.5. The number of likely N-dealkylation sites (tertiary alicyclic amines) is 1. The zero-order chi connectivity index (χ0) is 24.9. The van der Waals surface area contributed by atoms with Crippen LogP contribution in [-0.4, -0.2) is 77.3 Å². The van der Waals surface area contributed by atoms with E-state index in [1.165, 1.54) is 96.9 Å². The first kappa shape index (κ1) is 25.6. The SMILES string of the molecule is NC1CCN(C[C@@H]2CCCN3CCCC[C@H]23)CC1.O=C(O)c1cc2c(OCC3CCC3)cccc2[nH]1. The predicted octanol–water partition coefficient (Wildman–Crippen LogP) is 4.72. The summed E-state index contributed by atoms with van der Waals surface area (Å²) in [7, 11) is 0. The van der Waals surface area contributed by atoms with Crippen LogP contribution in [0.3, 0.4) is 0 Å². The monoisotopic (exact) mass is 496 g/mol. The zero-order valence-electron chi connectivity index (χ0n) is 21.7. The van der Waals surface area contributed by atoms with E-state index in [-0.39, 0.29) is 5.69 Å². The number of aromatic nitrogens is 1. The number of hydrogen-bond donors (Lipinski definition) is 3. The molecule has 2 aromatic rings. The van der Waals surface area contributed by atoms with Crippen LogP contribution in [0.1, 0.15) is 74.7 Å². The number of ether oxygens (including phenoxy) is 1. The minimum atomic E-state index is -0.948. The number of nitrogens with one attached hydrogen (secondary N) is 1. The molecule has 7 heteroatoms. The lowest BCUT2D eigenvalue weighted by molar-refractivity contribution is 0.0361. The molecule has 1 aliphatic carbocycles. The number of aromatic carboxylic acids is 1. The van der Waals surface area contributed by atoms with Crippen molar-refractivity contribution in [2.45, 2.75) is 76.3 Å². The van der Waals surface area contributed by atoms with Gasteiger partial charge in [0.1, 0.15) is 11.4 Å². The molecule has 3 saturated heterocycles. The smallest absolute Gasteiger partial charge is 0.352 e. The molecule has 4 N–H and O–H groups in total. The van der Waals surface area contributed by atoms with Crippen LogP contribution in [0.25, 0.3) is 10.9 Å². The molecule has 1 aromatic heterocycles. The number of benzene rings is 1. The first-order valence-corrected chi connectivity index (χ1v) is 14.3. The summed E-state index contributed by atoms with van der Waals surface area (Å²) in [6.07, 6.45) is 13.4. The van der Waals surface area contributed by atoms with E-state index in [0.717, 1.165) is 35.2 Å². The third kappa shape index (κ3) is 6.24. The molecule has 1 aromatic carbocycles. The van der Waals surface area contributed by atoms with E-state index in [9.17, 15) is 4.79 Å². The van der Waals surface area contributed by atoms with Crippen LogP contribution in [0, 0.1) is 11.8 Å². The Balaban J connectivity index is 0.000000148. The summed E-state index contributed by atoms with van der Waals surface area (Å²) in [6.45, 7) is 7.29. The summed E-state index contributed by atoms with van der Waals surface area (Å²) < 4.78 is 5.80. The van der Waals surface area contributed by atoms with E-state index in [1.807, 2.05) is 18.2 Å². The topological polar surface area (TPSA) is 94.8 Å². The van der Waals surface area contributed by atoms with Crippen molar-refractivity contribution >= 4 is 16.9 Å². The number of H-pyrrole nitrogens is 1. The van der Waals surface area contributed by atoms with Gasteiger partial charge in [-0.25, -0.2) is 4.79 Å². The molecule has 0 amide bonds. The van der Waals surface area contributed by atoms with E-state index < -0.39 is 5.97 Å². The third-order valence-electron chi connectivity index (χ3n) is 8.91. The highest BCUT2D eigenvalue weighted by atomic mass is 16.5. The Bertz CT molecular complexity index is 994. The molecule has 36 heavy (non-hydrogen) atoms. The number of carboxylic acids is 1. The number of carbonyl (C=O) groups is 1. The summed E-state index contributed by atoms with van der Waals surface area (Å²) in [4.78, 5) is 19.3. The van der Waals surface area contributed by atoms with E-state index in [1.54, 1.807) is 6.07 Å². The number of nitrogens with two attached hydrogens (primary N) is 1. The fourth-order valence-electron chi connectivity index (χ4n) is 6.49. The lowest BCUT2D eigenvalue weighted by Crippen LogP contribution is -2.52. The Morgan fingerprint density at radius 3 is 2.56 bits per heavy atom. The Labute approximate surface area is 215 Å². The van der Waals surface area contributed by atoms with Crippen LogP contribution < -0.4 is 10.5 Å². The standard InChI is InChI=1S/C15H29N3.C14H15NO3/c16-14-6-10-17(11-7-14)12-13-4-3-9-18-8-2-1-5-15(13)18;16-14(17)12-7-10-11(15-12)5-2-6-13(10)18-8-9-3-1-4-9/h13-15H,1-12,16H2;2,5-7,9,15H,1,3-4,8H2,(H,16,17)/t13-,15+;/m0./s1. The highest BCUT2D eigenvalue weighted by molar-refractivity contribution is 5.96. The second-order valence-corrected chi connectivity index (χ2v) is 11.5. The first-order chi connectivity index (χ1) is 17.6. The number of aromatic amines is 1. The van der Waals surface area contributed by atoms with Crippen molar-refractivity contribution in [3.63, 3.8) is 0 Å². The summed E-state index contributed by atoms with van der Waals surface area (Å²) in [6, 6.07) is 8.63. The fourth-order valence-corrected chi connectivity index (χ4v) is 6.49. The lowest BCUT2D eigenvalue weighted by atomic mass is 9.83. The number of rotatable bonds is 6. The number of hydrogen-bond acceptors (Lipinski definition) is 5. The number of carboxylic acid groups (broad SMARTS) is 1. The molecule has 7 nitrogen and oxygen atoms in total. The summed E-state index contributed by atoms with van der Waals surface area (Å²) in [5, 5.41) is 9.81. The van der Waals surface area contributed by atoms with Gasteiger partial charge in [-0.2, -0.15) is 0 Å². The van der Waals surface area contributed by atoms with Gasteiger partial charge < -0.3 is 30.4 Å². The molecule has 0 radical (unpaired) electrons. The molecule has 0 unspecified atom stereocenters. The highest BCUT2D eigenvalue weighted by Crippen LogP contribution is 2.32. The van der Waals surface area contributed by atoms with E-state index in [0.29, 0.717) is 12.0 Å². The molecule has 0 bridgehead atoms. The minimum absolute atomic E-state index is 0.199. The average molecular weight is 497 g/mol. The third-order valence-corrected chi connectivity index (χ3v) is 8.91. The van der Waals surface area contributed by atoms with Crippen LogP contribution in [0.15, 0.2) is 24.3 Å². The predicted molar refractivity (Wildman–Crippen MR) is 144 cm³/mol. The van der Waals surface area contributed by atoms with Gasteiger partial charge >= 0.3 is 5.97 Å². The van der Waals surface area contributed by atoms with Crippen molar-refractivity contribution in [3.8, 4) is 5.75 Å². The molecule has 1 saturated carbocycles. The van der Waals surface area contributed by atoms with Gasteiger partial charge in [-0.3, -0.25) is 0 Å². The first-order valence-electron chi connectivity index (χ1n) is 14.3. The number of piperidine rings is 3. The van der Waals surface area contributed by atoms with Crippen molar-refractivity contribution in [2.75, 3.05) is 39.3 Å². The van der Waals surface area contributed by atoms with Crippen molar-refractivity contribution in [1.82, 2.24) is 14.8 Å². The Hall–Kier alpha value is -2.09. The van der Waals surface area contributed by atoms with Gasteiger partial charge in [-0.05, 0) is 108 Å². The molecule has 2 atom stereocenters. The van der Waals surface area contributed by atoms with Crippen LogP contribution in [-0.2, 0) is 0 Å². The molecule has 4 heterocycles. The van der Waals surface area contributed by atoms with E-state index in [2.05, 4.69) is 14.8 Å². The largest absolute Gasteiger partial charge is 0.493 e. The van der Waals surface area contributed by atoms with Crippen molar-refractivity contribution in [3.05, 3.63) is 30.0 Å². The summed E-state index contributed by atoms with van der Waals surface area (Å²) in [5.74, 6) is 1.42. The Morgan fingerprint density at radius 2 is 1.81 bits per heavy atom. The molecule has 198 valence electrons. The van der Waals surface area contributed by atoms with Gasteiger partial charge in [0.05, 0.1) is 6.61 Å². The van der Waals surface area contributed by atoms with Gasteiger partial charge in [0.15, 0.2) is 0 Å². The van der Waals surface area contributed by atoms with E-state index >= 15 is 0 Å². The molecule has 4 fully saturated rings. The lowest BCUT2D eigenvalue weighted by Gasteiger charge is -2.46. The average Bonchev–Trinajstić information content (AvgIpc) is 3.31. The van der Waals surface area contributed by atoms with Crippen molar-refractivity contribution in [1.29, 1.82) is 0 Å². The minimum Gasteiger partial charge on any atom is -0.493 e. The fraction of sp³-hybridized carbons (Fsp3) is 0.690. The van der Waals surface area contributed by atoms with E-state index in [4.69, 9.17) is 15.6 Å².